The van der Waals surface area contributed by atoms with Gasteiger partial charge in [0.15, 0.2) is 0 Å². The van der Waals surface area contributed by atoms with E-state index in [2.05, 4.69) is 4.99 Å². The molecule has 0 spiro atoms. The van der Waals surface area contributed by atoms with Gasteiger partial charge < -0.3 is 5.11 Å². The third-order valence-electron chi connectivity index (χ3n) is 3.88. The molecule has 6 heteroatoms. The molecule has 0 bridgehead atoms. The molecule has 122 valence electrons. The van der Waals surface area contributed by atoms with Crippen molar-refractivity contribution >= 4 is 40.8 Å². The quantitative estimate of drug-likeness (QED) is 0.770. The van der Waals surface area contributed by atoms with Crippen molar-refractivity contribution in [3.63, 3.8) is 0 Å². The largest absolute Gasteiger partial charge is 0.493 e. The molecule has 25 heavy (non-hydrogen) atoms. The van der Waals surface area contributed by atoms with Crippen LogP contribution in [0.1, 0.15) is 20.8 Å². The number of carbonyl (C=O) groups is 1. The molecular formula is C19H12N2O3S. The van der Waals surface area contributed by atoms with Crippen molar-refractivity contribution in [2.24, 2.45) is 4.99 Å². The Morgan fingerprint density at radius 2 is 1.80 bits per heavy atom. The van der Waals surface area contributed by atoms with Crippen LogP contribution in [0.2, 0.25) is 0 Å². The SMILES string of the molecule is O=C(c1ccccc1)n1c(O)c(C=C2C=Nc3ccccc32)sc1=O. The average Bonchev–Trinajstić information content (AvgIpc) is 3.17. The first-order valence-electron chi connectivity index (χ1n) is 7.55. The Balaban J connectivity index is 1.77. The number of allylic oxidation sites excluding steroid dienone is 1. The van der Waals surface area contributed by atoms with Crippen LogP contribution in [0.25, 0.3) is 11.6 Å². The summed E-state index contributed by atoms with van der Waals surface area (Å²) in [5, 5.41) is 10.4. The van der Waals surface area contributed by atoms with Crippen LogP contribution >= 0.6 is 11.3 Å². The highest BCUT2D eigenvalue weighted by atomic mass is 32.1. The van der Waals surface area contributed by atoms with Gasteiger partial charge in [-0.25, -0.2) is 4.57 Å². The molecular weight excluding hydrogens is 336 g/mol. The van der Waals surface area contributed by atoms with E-state index >= 15 is 0 Å². The van der Waals surface area contributed by atoms with Gasteiger partial charge in [0, 0.05) is 22.9 Å². The molecule has 5 nitrogen and oxygen atoms in total. The van der Waals surface area contributed by atoms with Crippen LogP contribution in [-0.4, -0.2) is 21.8 Å². The highest BCUT2D eigenvalue weighted by Gasteiger charge is 2.21. The van der Waals surface area contributed by atoms with Gasteiger partial charge in [-0.05, 0) is 24.3 Å². The maximum absolute atomic E-state index is 12.5. The Kier molecular flexibility index (Phi) is 3.66. The highest BCUT2D eigenvalue weighted by Crippen LogP contribution is 2.34. The molecule has 0 fully saturated rings. The monoisotopic (exact) mass is 348 g/mol. The summed E-state index contributed by atoms with van der Waals surface area (Å²) in [6.07, 6.45) is 3.35. The fourth-order valence-corrected chi connectivity index (χ4v) is 3.48. The van der Waals surface area contributed by atoms with Gasteiger partial charge in [0.05, 0.1) is 10.6 Å². The topological polar surface area (TPSA) is 71.7 Å². The molecule has 0 aliphatic carbocycles. The van der Waals surface area contributed by atoms with Gasteiger partial charge >= 0.3 is 4.87 Å². The van der Waals surface area contributed by atoms with Crippen molar-refractivity contribution < 1.29 is 9.90 Å². The number of carbonyl (C=O) groups excluding carboxylic acids is 1. The molecule has 0 atom stereocenters. The minimum Gasteiger partial charge on any atom is -0.493 e. The smallest absolute Gasteiger partial charge is 0.317 e. The highest BCUT2D eigenvalue weighted by molar-refractivity contribution is 7.10. The Labute approximate surface area is 146 Å². The van der Waals surface area contributed by atoms with Crippen molar-refractivity contribution in [1.29, 1.82) is 0 Å². The molecule has 1 aliphatic heterocycles. The lowest BCUT2D eigenvalue weighted by Gasteiger charge is -2.02. The molecule has 0 saturated heterocycles. The molecule has 0 amide bonds. The summed E-state index contributed by atoms with van der Waals surface area (Å²) in [7, 11) is 0. The summed E-state index contributed by atoms with van der Waals surface area (Å²) in [6.45, 7) is 0. The summed E-state index contributed by atoms with van der Waals surface area (Å²) in [5.41, 5.74) is 2.88. The normalized spacial score (nSPS) is 14.0. The van der Waals surface area contributed by atoms with E-state index in [1.165, 1.54) is 0 Å². The minimum atomic E-state index is -0.551. The average molecular weight is 348 g/mol. The van der Waals surface area contributed by atoms with Gasteiger partial charge in [-0.15, -0.1) is 0 Å². The molecule has 0 radical (unpaired) electrons. The Bertz CT molecular complexity index is 1090. The fraction of sp³-hybridized carbons (Fsp3) is 0. The lowest BCUT2D eigenvalue weighted by molar-refractivity contribution is 0.0948. The molecule has 1 aliphatic rings. The van der Waals surface area contributed by atoms with E-state index in [0.29, 0.717) is 10.4 Å². The Morgan fingerprint density at radius 1 is 1.08 bits per heavy atom. The summed E-state index contributed by atoms with van der Waals surface area (Å²) >= 11 is 0.824. The standard InChI is InChI=1S/C19H12N2O3S/c22-17(12-6-2-1-3-7-12)21-18(23)16(25-19(21)24)10-13-11-20-15-9-5-4-8-14(13)15/h1-11,23H. The minimum absolute atomic E-state index is 0.326. The van der Waals surface area contributed by atoms with E-state index in [-0.39, 0.29) is 5.88 Å². The second-order valence-corrected chi connectivity index (χ2v) is 6.43. The number of para-hydroxylation sites is 1. The number of aliphatic imine (C=N–C) groups is 1. The summed E-state index contributed by atoms with van der Waals surface area (Å²) in [4.78, 5) is 28.8. The van der Waals surface area contributed by atoms with Crippen molar-refractivity contribution in [3.8, 4) is 5.88 Å². The number of thiazole rings is 1. The molecule has 1 aromatic heterocycles. The van der Waals surface area contributed by atoms with Crippen molar-refractivity contribution in [2.75, 3.05) is 0 Å². The second-order valence-electron chi connectivity index (χ2n) is 5.44. The predicted octanol–water partition coefficient (Wildman–Crippen LogP) is 3.56. The van der Waals surface area contributed by atoms with Crippen molar-refractivity contribution in [1.82, 2.24) is 4.57 Å². The number of nitrogens with zero attached hydrogens (tertiary/aromatic N) is 2. The molecule has 0 unspecified atom stereocenters. The number of rotatable bonds is 2. The first-order valence-corrected chi connectivity index (χ1v) is 8.36. The van der Waals surface area contributed by atoms with Gasteiger partial charge in [-0.1, -0.05) is 47.7 Å². The van der Waals surface area contributed by atoms with Crippen LogP contribution in [0, 0.1) is 0 Å². The van der Waals surface area contributed by atoms with Crippen LogP contribution < -0.4 is 4.87 Å². The van der Waals surface area contributed by atoms with Crippen molar-refractivity contribution in [3.05, 3.63) is 80.3 Å². The van der Waals surface area contributed by atoms with Gasteiger partial charge in [-0.3, -0.25) is 14.6 Å². The van der Waals surface area contributed by atoms with Gasteiger partial charge in [-0.2, -0.15) is 0 Å². The maximum atomic E-state index is 12.5. The Hall–Kier alpha value is -3.25. The lowest BCUT2D eigenvalue weighted by Crippen LogP contribution is -2.21. The molecule has 0 saturated carbocycles. The first-order chi connectivity index (χ1) is 12.1. The number of fused-ring (bicyclic) bond motifs is 1. The predicted molar refractivity (Wildman–Crippen MR) is 98.9 cm³/mol. The Morgan fingerprint density at radius 3 is 2.60 bits per heavy atom. The van der Waals surface area contributed by atoms with E-state index in [0.717, 1.165) is 32.7 Å². The summed E-state index contributed by atoms with van der Waals surface area (Å²) in [6, 6.07) is 16.0. The van der Waals surface area contributed by atoms with Crippen LogP contribution in [0.5, 0.6) is 5.88 Å². The lowest BCUT2D eigenvalue weighted by atomic mass is 10.1. The van der Waals surface area contributed by atoms with E-state index < -0.39 is 10.8 Å². The zero-order chi connectivity index (χ0) is 17.4. The third-order valence-corrected chi connectivity index (χ3v) is 4.76. The summed E-state index contributed by atoms with van der Waals surface area (Å²) in [5.74, 6) is -0.904. The zero-order valence-corrected chi connectivity index (χ0v) is 13.7. The number of hydrogen-bond donors (Lipinski definition) is 1. The molecule has 1 N–H and O–H groups in total. The molecule has 4 rings (SSSR count). The van der Waals surface area contributed by atoms with Crippen LogP contribution in [0.3, 0.4) is 0 Å². The van der Waals surface area contributed by atoms with E-state index in [4.69, 9.17) is 0 Å². The fourth-order valence-electron chi connectivity index (χ4n) is 2.66. The van der Waals surface area contributed by atoms with Gasteiger partial charge in [0.2, 0.25) is 5.88 Å². The number of aromatic nitrogens is 1. The van der Waals surface area contributed by atoms with E-state index in [1.807, 2.05) is 24.3 Å². The zero-order valence-electron chi connectivity index (χ0n) is 12.9. The first kappa shape index (κ1) is 15.3. The van der Waals surface area contributed by atoms with Crippen LogP contribution in [0.15, 0.2) is 64.4 Å². The molecule has 3 aromatic rings. The van der Waals surface area contributed by atoms with E-state index in [9.17, 15) is 14.7 Å². The number of benzene rings is 2. The van der Waals surface area contributed by atoms with Gasteiger partial charge in [0.1, 0.15) is 0 Å². The molecule has 2 heterocycles. The number of hydrogen-bond acceptors (Lipinski definition) is 5. The van der Waals surface area contributed by atoms with Crippen LogP contribution in [0.4, 0.5) is 5.69 Å². The number of aromatic hydroxyl groups is 1. The van der Waals surface area contributed by atoms with Gasteiger partial charge in [0.25, 0.3) is 5.91 Å². The van der Waals surface area contributed by atoms with E-state index in [1.54, 1.807) is 42.6 Å². The molecule has 2 aromatic carbocycles. The third kappa shape index (κ3) is 2.62. The van der Waals surface area contributed by atoms with Crippen LogP contribution in [-0.2, 0) is 0 Å². The second kappa shape index (κ2) is 5.99. The maximum Gasteiger partial charge on any atom is 0.317 e. The summed E-state index contributed by atoms with van der Waals surface area (Å²) < 4.78 is 0.796. The van der Waals surface area contributed by atoms with Crippen molar-refractivity contribution in [2.45, 2.75) is 0 Å².